The molecule has 3 rings (SSSR count). The lowest BCUT2D eigenvalue weighted by atomic mass is 10.0. The summed E-state index contributed by atoms with van der Waals surface area (Å²) in [6.07, 6.45) is 0. The van der Waals surface area contributed by atoms with Gasteiger partial charge in [-0.2, -0.15) is 0 Å². The van der Waals surface area contributed by atoms with E-state index in [0.717, 1.165) is 10.3 Å². The summed E-state index contributed by atoms with van der Waals surface area (Å²) in [5.41, 5.74) is 8.04. The molecule has 1 atom stereocenters. The minimum Gasteiger partial charge on any atom is -0.375 e. The Hall–Kier alpha value is -2.15. The van der Waals surface area contributed by atoms with Crippen LogP contribution in [0, 0.1) is 6.92 Å². The minimum absolute atomic E-state index is 0.363. The van der Waals surface area contributed by atoms with Crippen molar-refractivity contribution in [2.24, 2.45) is 0 Å². The van der Waals surface area contributed by atoms with Crippen molar-refractivity contribution < 1.29 is 9.59 Å². The van der Waals surface area contributed by atoms with Gasteiger partial charge in [0.1, 0.15) is 6.04 Å². The number of imide groups is 1. The molecule has 1 unspecified atom stereocenters. The number of urea groups is 1. The number of nitrogens with zero attached hydrogens (tertiary/aromatic N) is 1. The van der Waals surface area contributed by atoms with Crippen LogP contribution in [0.1, 0.15) is 17.2 Å². The van der Waals surface area contributed by atoms with Crippen LogP contribution in [0.5, 0.6) is 0 Å². The first-order valence-corrected chi connectivity index (χ1v) is 6.14. The summed E-state index contributed by atoms with van der Waals surface area (Å²) in [7, 11) is 0. The molecule has 0 aliphatic carbocycles. The van der Waals surface area contributed by atoms with Crippen LogP contribution in [0.4, 0.5) is 9.93 Å². The fraction of sp³-hybridized carbons (Fsp3) is 0.182. The second-order valence-corrected chi connectivity index (χ2v) is 5.21. The monoisotopic (exact) mass is 262 g/mol. The predicted octanol–water partition coefficient (Wildman–Crippen LogP) is 1.07. The number of hydrogen-bond donors (Lipinski definition) is 3. The van der Waals surface area contributed by atoms with Crippen molar-refractivity contribution in [2.45, 2.75) is 13.0 Å². The Bertz CT molecular complexity index is 679. The maximum atomic E-state index is 11.7. The number of rotatable bonds is 1. The molecule has 18 heavy (non-hydrogen) atoms. The number of benzene rings is 1. The van der Waals surface area contributed by atoms with Crippen LogP contribution >= 0.6 is 11.3 Å². The molecule has 1 aromatic carbocycles. The number of nitrogens with two attached hydrogens (primary N) is 1. The Morgan fingerprint density at radius 1 is 1.39 bits per heavy atom. The number of thiazole rings is 1. The number of anilines is 1. The lowest BCUT2D eigenvalue weighted by molar-refractivity contribution is -0.120. The fourth-order valence-corrected chi connectivity index (χ4v) is 2.94. The van der Waals surface area contributed by atoms with E-state index in [1.807, 2.05) is 19.1 Å². The highest BCUT2D eigenvalue weighted by Gasteiger charge is 2.32. The maximum absolute atomic E-state index is 11.7. The largest absolute Gasteiger partial charge is 0.375 e. The van der Waals surface area contributed by atoms with E-state index < -0.39 is 12.1 Å². The van der Waals surface area contributed by atoms with E-state index in [1.54, 1.807) is 0 Å². The molecule has 0 radical (unpaired) electrons. The number of hydrogen-bond acceptors (Lipinski definition) is 5. The summed E-state index contributed by atoms with van der Waals surface area (Å²) < 4.78 is 0.913. The smallest absolute Gasteiger partial charge is 0.322 e. The molecule has 1 aliphatic heterocycles. The van der Waals surface area contributed by atoms with E-state index in [-0.39, 0.29) is 5.91 Å². The molecule has 92 valence electrons. The molecule has 0 saturated carbocycles. The van der Waals surface area contributed by atoms with Crippen LogP contribution in [-0.2, 0) is 4.79 Å². The van der Waals surface area contributed by atoms with Gasteiger partial charge in [0.05, 0.1) is 10.2 Å². The molecular formula is C11H10N4O2S. The first-order chi connectivity index (χ1) is 8.54. The maximum Gasteiger partial charge on any atom is 0.322 e. The van der Waals surface area contributed by atoms with Gasteiger partial charge in [0.15, 0.2) is 5.13 Å². The van der Waals surface area contributed by atoms with Gasteiger partial charge in [0.2, 0.25) is 0 Å². The normalized spacial score (nSPS) is 19.1. The lowest BCUT2D eigenvalue weighted by Crippen LogP contribution is -2.22. The summed E-state index contributed by atoms with van der Waals surface area (Å²) in [4.78, 5) is 27.1. The first-order valence-electron chi connectivity index (χ1n) is 5.32. The molecular weight excluding hydrogens is 252 g/mol. The number of carbonyl (C=O) groups is 2. The number of carbonyl (C=O) groups excluding carboxylic acids is 2. The van der Waals surface area contributed by atoms with Crippen LogP contribution in [-0.4, -0.2) is 16.9 Å². The van der Waals surface area contributed by atoms with Crippen molar-refractivity contribution in [1.82, 2.24) is 15.6 Å². The second-order valence-electron chi connectivity index (χ2n) is 4.15. The van der Waals surface area contributed by atoms with E-state index >= 15 is 0 Å². The zero-order chi connectivity index (χ0) is 12.9. The lowest BCUT2D eigenvalue weighted by Gasteiger charge is -2.09. The highest BCUT2D eigenvalue weighted by Crippen LogP contribution is 2.32. The molecule has 1 saturated heterocycles. The Balaban J connectivity index is 2.21. The van der Waals surface area contributed by atoms with Crippen molar-refractivity contribution in [2.75, 3.05) is 5.73 Å². The number of nitrogen functional groups attached to an aromatic ring is 1. The molecule has 0 bridgehead atoms. The molecule has 4 N–H and O–H groups in total. The van der Waals surface area contributed by atoms with Crippen LogP contribution in [0.25, 0.3) is 10.2 Å². The third-order valence-corrected chi connectivity index (χ3v) is 3.60. The SMILES string of the molecule is Cc1cc(C2NC(=O)NC2=O)c2nc(N)sc2c1. The van der Waals surface area contributed by atoms with Crippen LogP contribution < -0.4 is 16.4 Å². The van der Waals surface area contributed by atoms with E-state index in [0.29, 0.717) is 16.2 Å². The Kier molecular flexibility index (Phi) is 2.24. The van der Waals surface area contributed by atoms with E-state index in [2.05, 4.69) is 15.6 Å². The van der Waals surface area contributed by atoms with E-state index in [1.165, 1.54) is 11.3 Å². The fourth-order valence-electron chi connectivity index (χ4n) is 2.07. The van der Waals surface area contributed by atoms with Gasteiger partial charge in [-0.3, -0.25) is 10.1 Å². The average Bonchev–Trinajstić information content (AvgIpc) is 2.79. The minimum atomic E-state index is -0.693. The average molecular weight is 262 g/mol. The van der Waals surface area contributed by atoms with E-state index in [9.17, 15) is 9.59 Å². The van der Waals surface area contributed by atoms with Crippen molar-refractivity contribution >= 4 is 38.6 Å². The Morgan fingerprint density at radius 2 is 2.17 bits per heavy atom. The summed E-state index contributed by atoms with van der Waals surface area (Å²) in [6.45, 7) is 1.92. The molecule has 1 fully saturated rings. The number of fused-ring (bicyclic) bond motifs is 1. The van der Waals surface area contributed by atoms with Crippen molar-refractivity contribution in [3.05, 3.63) is 23.3 Å². The second kappa shape index (κ2) is 3.67. The molecule has 7 heteroatoms. The molecule has 2 aromatic rings. The zero-order valence-electron chi connectivity index (χ0n) is 9.48. The number of aryl methyl sites for hydroxylation is 1. The summed E-state index contributed by atoms with van der Waals surface area (Å²) in [5, 5.41) is 5.23. The summed E-state index contributed by atoms with van der Waals surface area (Å²) in [6, 6.07) is 2.63. The highest BCUT2D eigenvalue weighted by molar-refractivity contribution is 7.22. The molecule has 1 aromatic heterocycles. The molecule has 6 nitrogen and oxygen atoms in total. The van der Waals surface area contributed by atoms with Crippen LogP contribution in [0.15, 0.2) is 12.1 Å². The van der Waals surface area contributed by atoms with Gasteiger partial charge < -0.3 is 11.1 Å². The Morgan fingerprint density at radius 3 is 2.83 bits per heavy atom. The van der Waals surface area contributed by atoms with E-state index in [4.69, 9.17) is 5.73 Å². The molecule has 3 amide bonds. The van der Waals surface area contributed by atoms with Gasteiger partial charge in [0.25, 0.3) is 5.91 Å². The quantitative estimate of drug-likeness (QED) is 0.669. The standard InChI is InChI=1S/C11H10N4O2S/c1-4-2-5(8-9(16)15-11(17)14-8)7-6(3-4)18-10(12)13-7/h2-3,8H,1H3,(H2,12,13)(H2,14,15,16,17). The third kappa shape index (κ3) is 1.60. The molecule has 1 aliphatic rings. The highest BCUT2D eigenvalue weighted by atomic mass is 32.1. The van der Waals surface area contributed by atoms with Crippen molar-refractivity contribution in [1.29, 1.82) is 0 Å². The number of nitrogens with one attached hydrogen (secondary N) is 2. The van der Waals surface area contributed by atoms with Gasteiger partial charge >= 0.3 is 6.03 Å². The Labute approximate surface area is 106 Å². The van der Waals surface area contributed by atoms with Gasteiger partial charge in [-0.05, 0) is 18.6 Å². The first kappa shape index (κ1) is 11.0. The van der Waals surface area contributed by atoms with Gasteiger partial charge in [-0.1, -0.05) is 17.4 Å². The third-order valence-electron chi connectivity index (χ3n) is 2.77. The van der Waals surface area contributed by atoms with Crippen LogP contribution in [0.2, 0.25) is 0 Å². The topological polar surface area (TPSA) is 97.1 Å². The zero-order valence-corrected chi connectivity index (χ0v) is 10.3. The van der Waals surface area contributed by atoms with Crippen molar-refractivity contribution in [3.8, 4) is 0 Å². The number of aromatic nitrogens is 1. The van der Waals surface area contributed by atoms with Gasteiger partial charge in [0, 0.05) is 5.56 Å². The predicted molar refractivity (Wildman–Crippen MR) is 68.2 cm³/mol. The van der Waals surface area contributed by atoms with Gasteiger partial charge in [-0.25, -0.2) is 9.78 Å². The number of amides is 3. The summed E-state index contributed by atoms with van der Waals surface area (Å²) >= 11 is 1.36. The summed E-state index contributed by atoms with van der Waals surface area (Å²) in [5.74, 6) is -0.363. The van der Waals surface area contributed by atoms with Crippen LogP contribution in [0.3, 0.4) is 0 Å². The van der Waals surface area contributed by atoms with Crippen molar-refractivity contribution in [3.63, 3.8) is 0 Å². The molecule has 0 spiro atoms. The molecule has 2 heterocycles. The van der Waals surface area contributed by atoms with Gasteiger partial charge in [-0.15, -0.1) is 0 Å².